The molecule has 0 unspecified atom stereocenters. The Bertz CT molecular complexity index is 143. The lowest BCUT2D eigenvalue weighted by Gasteiger charge is -2.17. The smallest absolute Gasteiger partial charge is 0.200 e. The molecule has 0 spiro atoms. The lowest BCUT2D eigenvalue weighted by Crippen LogP contribution is -2.30. The van der Waals surface area contributed by atoms with Crippen molar-refractivity contribution in [3.63, 3.8) is 0 Å². The van der Waals surface area contributed by atoms with Gasteiger partial charge in [0.05, 0.1) is 0 Å². The summed E-state index contributed by atoms with van der Waals surface area (Å²) in [5.41, 5.74) is -0.463. The second-order valence-electron chi connectivity index (χ2n) is 2.94. The highest BCUT2D eigenvalue weighted by molar-refractivity contribution is 4.61. The molecule has 0 amide bonds. The number of hydroxylamine groups is 1. The summed E-state index contributed by atoms with van der Waals surface area (Å²) in [5.74, 6) is 0. The molecule has 0 aliphatic rings. The Balaban J connectivity index is 4.09. The fraction of sp³-hybridized carbons (Fsp3) is 1.00. The molecule has 0 aliphatic heterocycles. The normalized spacial score (nSPS) is 13.3. The molecule has 0 atom stereocenters. The van der Waals surface area contributed by atoms with E-state index < -0.39 is 5.54 Å². The summed E-state index contributed by atoms with van der Waals surface area (Å²) < 4.78 is 0. The molecule has 11 heavy (non-hydrogen) atoms. The molecule has 0 aromatic carbocycles. The second-order valence-corrected chi connectivity index (χ2v) is 2.94. The number of nitrogens with zero attached hydrogens (tertiary/aromatic N) is 2. The molecule has 0 aliphatic carbocycles. The van der Waals surface area contributed by atoms with Crippen LogP contribution in [0.1, 0.15) is 34.1 Å². The van der Waals surface area contributed by atoms with Crippen molar-refractivity contribution in [2.24, 2.45) is 5.28 Å². The monoisotopic (exact) mass is 160 g/mol. The SMILES string of the molecule is CCO/N=[N+](\[O-])C(C)(C)CC. The van der Waals surface area contributed by atoms with Crippen LogP contribution in [0.2, 0.25) is 0 Å². The van der Waals surface area contributed by atoms with Gasteiger partial charge in [-0.3, -0.25) is 0 Å². The van der Waals surface area contributed by atoms with Gasteiger partial charge in [-0.15, -0.1) is 0 Å². The number of hydrogen-bond donors (Lipinski definition) is 0. The third-order valence-corrected chi connectivity index (χ3v) is 1.64. The van der Waals surface area contributed by atoms with Crippen molar-refractivity contribution in [1.29, 1.82) is 0 Å². The van der Waals surface area contributed by atoms with Crippen molar-refractivity contribution in [3.8, 4) is 0 Å². The van der Waals surface area contributed by atoms with Crippen LogP contribution in [0, 0.1) is 5.21 Å². The van der Waals surface area contributed by atoms with E-state index >= 15 is 0 Å². The highest BCUT2D eigenvalue weighted by Crippen LogP contribution is 2.12. The van der Waals surface area contributed by atoms with Gasteiger partial charge in [-0.25, -0.2) is 0 Å². The molecular formula is C7H16N2O2. The third kappa shape index (κ3) is 3.20. The van der Waals surface area contributed by atoms with Crippen molar-refractivity contribution in [2.45, 2.75) is 39.7 Å². The largest absolute Gasteiger partial charge is 0.597 e. The van der Waals surface area contributed by atoms with Crippen molar-refractivity contribution in [1.82, 2.24) is 0 Å². The van der Waals surface area contributed by atoms with Gasteiger partial charge in [0.1, 0.15) is 6.61 Å². The first-order valence-electron chi connectivity index (χ1n) is 3.85. The van der Waals surface area contributed by atoms with E-state index in [2.05, 4.69) is 10.1 Å². The molecule has 0 aromatic rings. The first kappa shape index (κ1) is 10.2. The van der Waals surface area contributed by atoms with Gasteiger partial charge in [0.2, 0.25) is 0 Å². The van der Waals surface area contributed by atoms with Crippen LogP contribution in [0.15, 0.2) is 5.28 Å². The maximum atomic E-state index is 11.1. The van der Waals surface area contributed by atoms with E-state index in [1.165, 1.54) is 0 Å². The van der Waals surface area contributed by atoms with E-state index in [0.717, 1.165) is 6.42 Å². The number of rotatable bonds is 4. The third-order valence-electron chi connectivity index (χ3n) is 1.64. The molecule has 0 fully saturated rings. The summed E-state index contributed by atoms with van der Waals surface area (Å²) >= 11 is 0. The summed E-state index contributed by atoms with van der Waals surface area (Å²) in [6, 6.07) is 0. The standard InChI is InChI=1S/C7H16N2O2/c1-5-7(3,4)9(10)8-11-6-2/h5-6H2,1-4H3/b9-8-. The Hall–Kier alpha value is -0.800. The zero-order valence-electron chi connectivity index (χ0n) is 7.63. The molecule has 0 saturated carbocycles. The van der Waals surface area contributed by atoms with Crippen molar-refractivity contribution < 1.29 is 9.70 Å². The van der Waals surface area contributed by atoms with Crippen LogP contribution in [0.25, 0.3) is 0 Å². The van der Waals surface area contributed by atoms with Gasteiger partial charge in [-0.2, -0.15) is 0 Å². The predicted molar refractivity (Wildman–Crippen MR) is 42.1 cm³/mol. The van der Waals surface area contributed by atoms with Crippen molar-refractivity contribution >= 4 is 0 Å². The van der Waals surface area contributed by atoms with E-state index in [4.69, 9.17) is 0 Å². The molecule has 0 saturated heterocycles. The lowest BCUT2D eigenvalue weighted by molar-refractivity contribution is -0.626. The van der Waals surface area contributed by atoms with E-state index in [-0.39, 0.29) is 0 Å². The van der Waals surface area contributed by atoms with Crippen LogP contribution in [-0.2, 0) is 4.84 Å². The molecule has 0 bridgehead atoms. The average Bonchev–Trinajstić information content (AvgIpc) is 2.00. The zero-order valence-corrected chi connectivity index (χ0v) is 7.63. The average molecular weight is 160 g/mol. The van der Waals surface area contributed by atoms with Gasteiger partial charge >= 0.3 is 0 Å². The Morgan fingerprint density at radius 2 is 2.00 bits per heavy atom. The minimum Gasteiger partial charge on any atom is -0.597 e. The molecule has 0 heterocycles. The van der Waals surface area contributed by atoms with Gasteiger partial charge in [0.15, 0.2) is 10.8 Å². The second kappa shape index (κ2) is 4.16. The summed E-state index contributed by atoms with van der Waals surface area (Å²) in [4.78, 5) is 5.23. The summed E-state index contributed by atoms with van der Waals surface area (Å²) in [6.07, 6.45) is 0.743. The highest BCUT2D eigenvalue weighted by Gasteiger charge is 2.26. The fourth-order valence-electron chi connectivity index (χ4n) is 0.356. The van der Waals surface area contributed by atoms with Gasteiger partial charge in [0.25, 0.3) is 0 Å². The first-order valence-corrected chi connectivity index (χ1v) is 3.85. The minimum atomic E-state index is -0.463. The van der Waals surface area contributed by atoms with Crippen LogP contribution >= 0.6 is 0 Å². The Kier molecular flexibility index (Phi) is 3.85. The van der Waals surface area contributed by atoms with E-state index in [1.807, 2.05) is 20.8 Å². The predicted octanol–water partition coefficient (Wildman–Crippen LogP) is 2.09. The van der Waals surface area contributed by atoms with E-state index in [9.17, 15) is 5.21 Å². The van der Waals surface area contributed by atoms with E-state index in [1.54, 1.807) is 6.92 Å². The Morgan fingerprint density at radius 1 is 1.45 bits per heavy atom. The first-order chi connectivity index (χ1) is 5.04. The highest BCUT2D eigenvalue weighted by atomic mass is 16.7. The molecule has 66 valence electrons. The molecule has 4 heteroatoms. The maximum Gasteiger partial charge on any atom is 0.200 e. The van der Waals surface area contributed by atoms with Crippen LogP contribution < -0.4 is 0 Å². The van der Waals surface area contributed by atoms with Crippen molar-refractivity contribution in [3.05, 3.63) is 5.21 Å². The lowest BCUT2D eigenvalue weighted by atomic mass is 10.0. The van der Waals surface area contributed by atoms with Gasteiger partial charge < -0.3 is 10.0 Å². The topological polar surface area (TPSA) is 47.7 Å². The molecule has 0 radical (unpaired) electrons. The van der Waals surface area contributed by atoms with Crippen molar-refractivity contribution in [2.75, 3.05) is 6.61 Å². The van der Waals surface area contributed by atoms with Gasteiger partial charge in [-0.1, -0.05) is 11.8 Å². The van der Waals surface area contributed by atoms with E-state index in [0.29, 0.717) is 11.5 Å². The molecule has 0 N–H and O–H groups in total. The van der Waals surface area contributed by atoms with Crippen LogP contribution in [0.5, 0.6) is 0 Å². The summed E-state index contributed by atoms with van der Waals surface area (Å²) in [6.45, 7) is 7.80. The quantitative estimate of drug-likeness (QED) is 0.359. The van der Waals surface area contributed by atoms with Gasteiger partial charge in [-0.05, 0) is 6.92 Å². The fourth-order valence-corrected chi connectivity index (χ4v) is 0.356. The summed E-state index contributed by atoms with van der Waals surface area (Å²) in [7, 11) is 0. The summed E-state index contributed by atoms with van der Waals surface area (Å²) in [5, 5.41) is 14.4. The van der Waals surface area contributed by atoms with Gasteiger partial charge in [0, 0.05) is 20.3 Å². The van der Waals surface area contributed by atoms with Crippen LogP contribution in [-0.4, -0.2) is 17.0 Å². The molecule has 0 aromatic heterocycles. The number of hydrogen-bond acceptors (Lipinski definition) is 3. The zero-order chi connectivity index (χ0) is 8.91. The molecule has 0 rings (SSSR count). The van der Waals surface area contributed by atoms with Crippen LogP contribution in [0.3, 0.4) is 0 Å². The Morgan fingerprint density at radius 3 is 2.36 bits per heavy atom. The Labute approximate surface area is 67.4 Å². The molecule has 4 nitrogen and oxygen atoms in total. The molecular weight excluding hydrogens is 144 g/mol. The van der Waals surface area contributed by atoms with Crippen LogP contribution in [0.4, 0.5) is 0 Å². The maximum absolute atomic E-state index is 11.1. The minimum absolute atomic E-state index is 0.429.